The van der Waals surface area contributed by atoms with E-state index < -0.39 is 15.8 Å². The molecule has 0 saturated carbocycles. The lowest BCUT2D eigenvalue weighted by Crippen LogP contribution is -2.35. The molecule has 0 aliphatic carbocycles. The highest BCUT2D eigenvalue weighted by atomic mass is 35.6. The molecule has 0 aliphatic heterocycles. The summed E-state index contributed by atoms with van der Waals surface area (Å²) in [6.07, 6.45) is 0.554. The molecule has 1 atom stereocenters. The first-order valence-corrected chi connectivity index (χ1v) is 5.34. The quantitative estimate of drug-likeness (QED) is 0.625. The Labute approximate surface area is 98.8 Å². The molecule has 0 heterocycles. The normalized spacial score (nSPS) is 14.2. The zero-order chi connectivity index (χ0) is 11.4. The van der Waals surface area contributed by atoms with Gasteiger partial charge < -0.3 is 10.5 Å². The summed E-state index contributed by atoms with van der Waals surface area (Å²) < 4.78 is 3.13. The average molecular weight is 263 g/mol. The van der Waals surface area contributed by atoms with E-state index in [1.165, 1.54) is 0 Å². The maximum atomic E-state index is 11.2. The zero-order valence-corrected chi connectivity index (χ0v) is 10.4. The number of hydrogen-bond acceptors (Lipinski definition) is 3. The predicted molar refractivity (Wildman–Crippen MR) is 58.7 cm³/mol. The van der Waals surface area contributed by atoms with Crippen LogP contribution in [-0.2, 0) is 9.53 Å². The third-order valence-corrected chi connectivity index (χ3v) is 1.73. The van der Waals surface area contributed by atoms with Gasteiger partial charge in [-0.1, -0.05) is 48.7 Å². The Hall–Kier alpha value is 0.300. The van der Waals surface area contributed by atoms with E-state index in [1.807, 2.05) is 13.8 Å². The fourth-order valence-corrected chi connectivity index (χ4v) is 1.03. The number of nitrogens with two attached hydrogens (primary N) is 1. The van der Waals surface area contributed by atoms with Gasteiger partial charge in [-0.25, -0.2) is 0 Å². The zero-order valence-electron chi connectivity index (χ0n) is 8.10. The first-order valence-electron chi connectivity index (χ1n) is 4.21. The van der Waals surface area contributed by atoms with Crippen molar-refractivity contribution < 1.29 is 9.53 Å². The molecule has 0 amide bonds. The van der Waals surface area contributed by atoms with E-state index in [9.17, 15) is 4.79 Å². The number of carbonyl (C=O) groups is 1. The Morgan fingerprint density at radius 3 is 2.29 bits per heavy atom. The lowest BCUT2D eigenvalue weighted by atomic mass is 10.1. The van der Waals surface area contributed by atoms with E-state index >= 15 is 0 Å². The minimum absolute atomic E-state index is 0.276. The lowest BCUT2D eigenvalue weighted by Gasteiger charge is -2.15. The fourth-order valence-electron chi connectivity index (χ4n) is 0.864. The van der Waals surface area contributed by atoms with E-state index in [0.717, 1.165) is 0 Å². The molecule has 0 spiro atoms. The minimum atomic E-state index is -1.58. The molecule has 0 fully saturated rings. The van der Waals surface area contributed by atoms with Crippen LogP contribution in [0.15, 0.2) is 0 Å². The summed E-state index contributed by atoms with van der Waals surface area (Å²) in [5.41, 5.74) is 5.54. The Kier molecular flexibility index (Phi) is 6.14. The van der Waals surface area contributed by atoms with E-state index in [2.05, 4.69) is 0 Å². The van der Waals surface area contributed by atoms with Crippen LogP contribution in [0.2, 0.25) is 0 Å². The van der Waals surface area contributed by atoms with Crippen LogP contribution in [0.1, 0.15) is 20.3 Å². The van der Waals surface area contributed by atoms with Crippen LogP contribution in [0.25, 0.3) is 0 Å². The number of hydrogen-bond donors (Lipinski definition) is 1. The first-order chi connectivity index (χ1) is 6.22. The highest BCUT2D eigenvalue weighted by Crippen LogP contribution is 2.26. The molecule has 0 aromatic heterocycles. The van der Waals surface area contributed by atoms with Crippen molar-refractivity contribution in [2.24, 2.45) is 11.7 Å². The first kappa shape index (κ1) is 14.3. The van der Waals surface area contributed by atoms with Gasteiger partial charge in [0, 0.05) is 0 Å². The van der Waals surface area contributed by atoms with Crippen molar-refractivity contribution in [3.8, 4) is 0 Å². The summed E-state index contributed by atoms with van der Waals surface area (Å²) in [6.45, 7) is 3.65. The van der Waals surface area contributed by atoms with Crippen molar-refractivity contribution in [1.82, 2.24) is 0 Å². The van der Waals surface area contributed by atoms with Gasteiger partial charge in [0.25, 0.3) is 0 Å². The van der Waals surface area contributed by atoms with Gasteiger partial charge in [0.05, 0.1) is 0 Å². The van der Waals surface area contributed by atoms with Crippen LogP contribution in [0, 0.1) is 5.92 Å². The van der Waals surface area contributed by atoms with Crippen molar-refractivity contribution in [2.75, 3.05) is 6.61 Å². The van der Waals surface area contributed by atoms with Crippen LogP contribution in [0.4, 0.5) is 0 Å². The van der Waals surface area contributed by atoms with Crippen molar-refractivity contribution in [3.63, 3.8) is 0 Å². The van der Waals surface area contributed by atoms with Gasteiger partial charge in [-0.15, -0.1) is 0 Å². The second-order valence-corrected chi connectivity index (χ2v) is 5.97. The molecule has 2 N–H and O–H groups in total. The molecule has 0 aromatic rings. The standard InChI is InChI=1S/C8H14Cl3NO2/c1-5(2)3-6(12)7(13)14-4-8(9,10)11/h5-6H,3-4,12H2,1-2H3. The third kappa shape index (κ3) is 7.68. The number of ether oxygens (including phenoxy) is 1. The van der Waals surface area contributed by atoms with Crippen LogP contribution >= 0.6 is 34.8 Å². The molecule has 1 unspecified atom stereocenters. The number of halogens is 3. The average Bonchev–Trinajstić information content (AvgIpc) is 1.97. The second kappa shape index (κ2) is 6.01. The molecule has 0 saturated heterocycles. The van der Waals surface area contributed by atoms with E-state index in [0.29, 0.717) is 12.3 Å². The van der Waals surface area contributed by atoms with Crippen molar-refractivity contribution in [1.29, 1.82) is 0 Å². The topological polar surface area (TPSA) is 52.3 Å². The highest BCUT2D eigenvalue weighted by Gasteiger charge is 2.24. The van der Waals surface area contributed by atoms with Gasteiger partial charge >= 0.3 is 5.97 Å². The number of alkyl halides is 3. The third-order valence-electron chi connectivity index (χ3n) is 1.41. The molecule has 0 aliphatic rings. The Morgan fingerprint density at radius 2 is 1.93 bits per heavy atom. The number of carbonyl (C=O) groups excluding carboxylic acids is 1. The molecule has 0 bridgehead atoms. The van der Waals surface area contributed by atoms with Crippen LogP contribution in [0.3, 0.4) is 0 Å². The molecule has 84 valence electrons. The van der Waals surface area contributed by atoms with Crippen LogP contribution < -0.4 is 5.73 Å². The fraction of sp³-hybridized carbons (Fsp3) is 0.875. The van der Waals surface area contributed by atoms with Gasteiger partial charge in [-0.3, -0.25) is 4.79 Å². The summed E-state index contributed by atoms with van der Waals surface area (Å²) in [4.78, 5) is 11.2. The lowest BCUT2D eigenvalue weighted by molar-refractivity contribution is -0.145. The van der Waals surface area contributed by atoms with Crippen molar-refractivity contribution in [2.45, 2.75) is 30.1 Å². The van der Waals surface area contributed by atoms with Crippen LogP contribution in [0.5, 0.6) is 0 Å². The van der Waals surface area contributed by atoms with E-state index in [-0.39, 0.29) is 6.61 Å². The largest absolute Gasteiger partial charge is 0.460 e. The minimum Gasteiger partial charge on any atom is -0.460 e. The predicted octanol–water partition coefficient (Wildman–Crippen LogP) is 2.27. The second-order valence-electron chi connectivity index (χ2n) is 3.46. The Bertz CT molecular complexity index is 192. The molecule has 0 rings (SSSR count). The summed E-state index contributed by atoms with van der Waals surface area (Å²) in [7, 11) is 0. The van der Waals surface area contributed by atoms with E-state index in [1.54, 1.807) is 0 Å². The summed E-state index contributed by atoms with van der Waals surface area (Å²) >= 11 is 16.2. The van der Waals surface area contributed by atoms with Gasteiger partial charge in [0.15, 0.2) is 0 Å². The molecular weight excluding hydrogens is 248 g/mol. The van der Waals surface area contributed by atoms with Crippen molar-refractivity contribution >= 4 is 40.8 Å². The smallest absolute Gasteiger partial charge is 0.323 e. The molecule has 6 heteroatoms. The van der Waals surface area contributed by atoms with Gasteiger partial charge in [0.2, 0.25) is 3.79 Å². The molecule has 0 radical (unpaired) electrons. The monoisotopic (exact) mass is 261 g/mol. The SMILES string of the molecule is CC(C)CC(N)C(=O)OCC(Cl)(Cl)Cl. The molecule has 3 nitrogen and oxygen atoms in total. The maximum absolute atomic E-state index is 11.2. The van der Waals surface area contributed by atoms with Gasteiger partial charge in [0.1, 0.15) is 12.6 Å². The maximum Gasteiger partial charge on any atom is 0.323 e. The Balaban J connectivity index is 3.85. The summed E-state index contributed by atoms with van der Waals surface area (Å²) in [5, 5.41) is 0. The van der Waals surface area contributed by atoms with Gasteiger partial charge in [-0.2, -0.15) is 0 Å². The summed E-state index contributed by atoms with van der Waals surface area (Å²) in [5.74, 6) is -0.213. The van der Waals surface area contributed by atoms with Crippen molar-refractivity contribution in [3.05, 3.63) is 0 Å². The summed E-state index contributed by atoms with van der Waals surface area (Å²) in [6, 6.07) is -0.651. The Morgan fingerprint density at radius 1 is 1.43 bits per heavy atom. The highest BCUT2D eigenvalue weighted by molar-refractivity contribution is 6.67. The number of rotatable bonds is 4. The molecule has 14 heavy (non-hydrogen) atoms. The van der Waals surface area contributed by atoms with E-state index in [4.69, 9.17) is 45.3 Å². The molecular formula is C8H14Cl3NO2. The number of esters is 1. The van der Waals surface area contributed by atoms with Gasteiger partial charge in [-0.05, 0) is 12.3 Å². The molecule has 0 aromatic carbocycles. The van der Waals surface area contributed by atoms with Crippen LogP contribution in [-0.4, -0.2) is 22.4 Å².